The van der Waals surface area contributed by atoms with E-state index < -0.39 is 41.3 Å². The van der Waals surface area contributed by atoms with Gasteiger partial charge in [0, 0.05) is 92.8 Å². The maximum absolute atomic E-state index is 15.3. The van der Waals surface area contributed by atoms with Gasteiger partial charge in [-0.1, -0.05) is 81.1 Å². The van der Waals surface area contributed by atoms with Crippen molar-refractivity contribution in [1.29, 1.82) is 0 Å². The highest BCUT2D eigenvalue weighted by molar-refractivity contribution is 7.22. The number of aliphatic hydroxyl groups excluding tert-OH is 1. The number of thiazole rings is 3. The highest BCUT2D eigenvalue weighted by atomic mass is 32.1. The van der Waals surface area contributed by atoms with Gasteiger partial charge in [0.2, 0.25) is 23.6 Å². The van der Waals surface area contributed by atoms with E-state index in [2.05, 4.69) is 52.5 Å². The molecule has 0 spiro atoms. The summed E-state index contributed by atoms with van der Waals surface area (Å²) >= 11 is 4.39. The van der Waals surface area contributed by atoms with Gasteiger partial charge in [-0.15, -0.1) is 32.9 Å². The molecule has 4 N–H and O–H groups in total. The van der Waals surface area contributed by atoms with Crippen LogP contribution in [0.4, 0.5) is 32.0 Å². The van der Waals surface area contributed by atoms with Crippen molar-refractivity contribution in [2.75, 3.05) is 74.6 Å². The molecule has 0 saturated carbocycles. The number of fused-ring (bicyclic) bond motifs is 2. The summed E-state index contributed by atoms with van der Waals surface area (Å²) in [6, 6.07) is 18.3. The van der Waals surface area contributed by atoms with Gasteiger partial charge in [-0.2, -0.15) is 0 Å². The summed E-state index contributed by atoms with van der Waals surface area (Å²) in [7, 11) is 1.66. The van der Waals surface area contributed by atoms with Gasteiger partial charge in [-0.05, 0) is 106 Å². The predicted molar refractivity (Wildman–Crippen MR) is 345 cm³/mol. The number of carbonyl (C=O) groups is 5. The van der Waals surface area contributed by atoms with Gasteiger partial charge in [0.05, 0.1) is 45.6 Å². The Morgan fingerprint density at radius 3 is 2.39 bits per heavy atom. The summed E-state index contributed by atoms with van der Waals surface area (Å²) in [6.07, 6.45) is 5.01. The Morgan fingerprint density at radius 2 is 1.67 bits per heavy atom. The summed E-state index contributed by atoms with van der Waals surface area (Å²) in [4.78, 5) is 91.1. The van der Waals surface area contributed by atoms with E-state index in [1.54, 1.807) is 47.4 Å². The molecule has 4 aromatic heterocycles. The van der Waals surface area contributed by atoms with Gasteiger partial charge in [-0.25, -0.2) is 24.1 Å². The van der Waals surface area contributed by atoms with Crippen molar-refractivity contribution >= 4 is 101 Å². The number of anilines is 5. The number of amides is 4. The zero-order valence-corrected chi connectivity index (χ0v) is 53.5. The topological polar surface area (TPSA) is 240 Å². The molecule has 2 saturated heterocycles. The fourth-order valence-electron chi connectivity index (χ4n) is 11.4. The summed E-state index contributed by atoms with van der Waals surface area (Å²) in [5, 5.41) is 37.5. The number of likely N-dealkylation sites (N-methyl/N-ethyl adjacent to an activating group) is 1. The van der Waals surface area contributed by atoms with Crippen molar-refractivity contribution in [3.05, 3.63) is 111 Å². The Labute approximate surface area is 529 Å². The molecule has 7 heterocycles. The van der Waals surface area contributed by atoms with Crippen LogP contribution in [-0.2, 0) is 32.0 Å². The molecule has 20 nitrogen and oxygen atoms in total. The Balaban J connectivity index is 0.610. The zero-order chi connectivity index (χ0) is 62.9. The molecule has 7 aromatic rings. The quantitative estimate of drug-likeness (QED) is 0.0365. The maximum Gasteiger partial charge on any atom is 0.355 e. The summed E-state index contributed by atoms with van der Waals surface area (Å²) < 4.78 is 22.2. The molecule has 0 unspecified atom stereocenters. The number of piperazine rings is 1. The highest BCUT2D eigenvalue weighted by Gasteiger charge is 2.45. The number of unbranched alkanes of at least 4 members (excludes halogenated alkanes) is 3. The number of nitrogens with zero attached hydrogens (tertiary/aromatic N) is 10. The van der Waals surface area contributed by atoms with Crippen LogP contribution in [-0.4, -0.2) is 157 Å². The number of hydrogen-bond donors (Lipinski definition) is 4. The molecule has 24 heteroatoms. The molecule has 468 valence electrons. The number of carboxylic acid groups (broad SMARTS) is 1. The van der Waals surface area contributed by atoms with Gasteiger partial charge in [-0.3, -0.25) is 24.1 Å². The number of β-amino-alcohol motifs (C(OH)–C–C–N with tert-alkyl or cyclic N) is 1. The van der Waals surface area contributed by atoms with Gasteiger partial charge >= 0.3 is 5.97 Å². The highest BCUT2D eigenvalue weighted by Crippen LogP contribution is 2.40. The number of likely N-dealkylation sites (tertiary alicyclic amines) is 1. The molecule has 10 rings (SSSR count). The number of rotatable bonds is 22. The molecule has 3 aliphatic heterocycles. The van der Waals surface area contributed by atoms with Crippen LogP contribution in [0.1, 0.15) is 116 Å². The van der Waals surface area contributed by atoms with E-state index in [4.69, 9.17) is 4.74 Å². The van der Waals surface area contributed by atoms with E-state index in [1.807, 2.05) is 92.9 Å². The fourth-order valence-corrected chi connectivity index (χ4v) is 14.2. The minimum absolute atomic E-state index is 0.0123. The smallest absolute Gasteiger partial charge is 0.355 e. The number of nitrogens with one attached hydrogen (secondary N) is 2. The Kier molecular flexibility index (Phi) is 20.6. The first-order valence-corrected chi connectivity index (χ1v) is 32.8. The number of para-hydroxylation sites is 1. The first kappa shape index (κ1) is 64.0. The number of carboxylic acids is 1. The van der Waals surface area contributed by atoms with Gasteiger partial charge in [0.25, 0.3) is 0 Å². The summed E-state index contributed by atoms with van der Waals surface area (Å²) in [5.41, 5.74) is 7.04. The monoisotopic (exact) mass is 1270 g/mol. The first-order chi connectivity index (χ1) is 42.8. The third kappa shape index (κ3) is 15.6. The average Bonchev–Trinajstić information content (AvgIpc) is 2.55. The van der Waals surface area contributed by atoms with E-state index in [1.165, 1.54) is 27.2 Å². The molecule has 3 aromatic carbocycles. The molecule has 4 amide bonds. The third-order valence-electron chi connectivity index (χ3n) is 16.4. The van der Waals surface area contributed by atoms with Crippen molar-refractivity contribution in [3.8, 4) is 28.0 Å². The fraction of sp³-hybridized carbons (Fsp3) is 0.446. The summed E-state index contributed by atoms with van der Waals surface area (Å²) in [5.74, 6) is 4.96. The largest absolute Gasteiger partial charge is 0.491 e. The molecular weight excluding hydrogens is 1190 g/mol. The van der Waals surface area contributed by atoms with Crippen LogP contribution >= 0.6 is 34.0 Å². The second-order valence-electron chi connectivity index (χ2n) is 23.9. The molecular formula is C65H75FN12O8S3. The minimum atomic E-state index is -1.13. The molecule has 3 aliphatic rings. The lowest BCUT2D eigenvalue weighted by Crippen LogP contribution is -2.57. The van der Waals surface area contributed by atoms with Crippen LogP contribution in [0.2, 0.25) is 0 Å². The van der Waals surface area contributed by atoms with E-state index in [9.17, 15) is 34.2 Å². The lowest BCUT2D eigenvalue weighted by Gasteiger charge is -2.36. The normalized spacial score (nSPS) is 16.4. The van der Waals surface area contributed by atoms with Crippen molar-refractivity contribution in [1.82, 2.24) is 45.2 Å². The van der Waals surface area contributed by atoms with Crippen molar-refractivity contribution < 1.29 is 43.3 Å². The number of aliphatic hydroxyl groups is 1. The Morgan fingerprint density at radius 1 is 0.910 bits per heavy atom. The third-order valence-corrected chi connectivity index (χ3v) is 19.5. The lowest BCUT2D eigenvalue weighted by atomic mass is 9.85. The molecule has 0 aliphatic carbocycles. The summed E-state index contributed by atoms with van der Waals surface area (Å²) in [6.45, 7) is 13.2. The molecule has 0 bridgehead atoms. The van der Waals surface area contributed by atoms with Crippen LogP contribution in [0, 0.1) is 36.9 Å². The van der Waals surface area contributed by atoms with Crippen LogP contribution < -0.4 is 25.2 Å². The number of benzene rings is 3. The second kappa shape index (κ2) is 28.7. The van der Waals surface area contributed by atoms with Crippen LogP contribution in [0.25, 0.3) is 20.7 Å². The maximum atomic E-state index is 15.3. The van der Waals surface area contributed by atoms with Crippen molar-refractivity contribution in [2.45, 2.75) is 123 Å². The van der Waals surface area contributed by atoms with Gasteiger partial charge in [0.1, 0.15) is 12.1 Å². The number of hydrogen-bond acceptors (Lipinski definition) is 18. The first-order valence-electron chi connectivity index (χ1n) is 30.3. The lowest BCUT2D eigenvalue weighted by molar-refractivity contribution is -0.143. The Bertz CT molecular complexity index is 3740. The zero-order valence-electron chi connectivity index (χ0n) is 51.0. The number of aromatic nitrogens is 5. The number of ether oxygens (including phenoxy) is 1. The number of aryl methyl sites for hydroxylation is 2. The average molecular weight is 1270 g/mol. The Hall–Kier alpha value is -7.95. The van der Waals surface area contributed by atoms with Crippen LogP contribution in [0.3, 0.4) is 0 Å². The molecule has 3 atom stereocenters. The number of aromatic carboxylic acids is 1. The number of halogens is 1. The van der Waals surface area contributed by atoms with E-state index in [0.29, 0.717) is 104 Å². The minimum Gasteiger partial charge on any atom is -0.491 e. The van der Waals surface area contributed by atoms with E-state index >= 15 is 4.39 Å². The van der Waals surface area contributed by atoms with E-state index in [0.717, 1.165) is 68.3 Å². The SMILES string of the molecule is Cc1ncsc1-c1ccc(N(C)C(=O)[C@@H]2C[C@@H](O)CN2C(=O)[C@@H](NC(=O)CCCCCCC(=O)N2CCN(CC#Cc3ccc(OCCCc4sc(N5CCCc6c5nnc(Nc5nc7ccccc7s5)c6C)nc4C(=O)O)c(F)c3)CC2)C(C)(C)C)cc1. The second-order valence-corrected chi connectivity index (χ2v) is 26.8. The molecule has 2 fully saturated rings. The van der Waals surface area contributed by atoms with Crippen LogP contribution in [0.5, 0.6) is 5.75 Å². The standard InChI is InChI=1S/C65H75FN12O8S3/c1-40-46-17-14-30-77(59(46)73-72-58(40)71-63-68-48-18-11-12-19-51(48)88-63)64-70-55(62(84)85)52(89-64)20-15-35-86-50-28-23-42(36-47(50)66)16-13-29-75-31-33-76(34-32-75)54(81)22-10-8-7-9-21-53(80)69-57(65(3,4)5)61(83)78-38-45(79)37-49(78)60(82)74(6)44-26-24-43(25-27-44)56-41(2)67-39-87-56/h11-12,18-19,23-28,36,39,45,49,57,79H,7-10,14-15,17,20-22,29-35,37-38H2,1-6H3,(H,69,80)(H,84,85)(H,68,71,72)/t45-,49+,57-/m1/s1. The van der Waals surface area contributed by atoms with E-state index in [-0.39, 0.29) is 55.2 Å². The van der Waals surface area contributed by atoms with Crippen molar-refractivity contribution in [2.24, 2.45) is 5.41 Å². The van der Waals surface area contributed by atoms with Crippen molar-refractivity contribution in [3.63, 3.8) is 0 Å². The van der Waals surface area contributed by atoms with Gasteiger partial charge in [0.15, 0.2) is 39.2 Å². The predicted octanol–water partition coefficient (Wildman–Crippen LogP) is 9.95. The molecule has 0 radical (unpaired) electrons. The molecule has 89 heavy (non-hydrogen) atoms. The van der Waals surface area contributed by atoms with Gasteiger partial charge < -0.3 is 45.2 Å². The van der Waals surface area contributed by atoms with Crippen LogP contribution in [0.15, 0.2) is 72.2 Å². The number of carbonyl (C=O) groups excluding carboxylic acids is 4.